The van der Waals surface area contributed by atoms with Crippen LogP contribution >= 0.6 is 0 Å². The zero-order chi connectivity index (χ0) is 32.7. The molecule has 6 rings (SSSR count). The molecule has 0 aromatic heterocycles. The Morgan fingerprint density at radius 3 is 1.04 bits per heavy atom. The normalized spacial score (nSPS) is 15.3. The van der Waals surface area contributed by atoms with Crippen LogP contribution in [-0.2, 0) is 29.9 Å². The third-order valence-electron chi connectivity index (χ3n) is 9.74. The van der Waals surface area contributed by atoms with Crippen molar-refractivity contribution in [1.82, 2.24) is 0 Å². The van der Waals surface area contributed by atoms with Crippen LogP contribution in [0.2, 0.25) is 0 Å². The fraction of sp³-hybridized carbons (Fsp3) is 0.350. The molecule has 6 heteroatoms. The van der Waals surface area contributed by atoms with Crippen LogP contribution < -0.4 is 0 Å². The monoisotopic (exact) mass is 618 g/mol. The van der Waals surface area contributed by atoms with E-state index in [1.165, 1.54) is 0 Å². The smallest absolute Gasteiger partial charge is 0.321 e. The van der Waals surface area contributed by atoms with Crippen molar-refractivity contribution in [3.05, 3.63) is 119 Å². The van der Waals surface area contributed by atoms with Gasteiger partial charge in [-0.15, -0.1) is 0 Å². The average Bonchev–Trinajstić information content (AvgIpc) is 3.54. The molecule has 2 N–H and O–H groups in total. The maximum absolute atomic E-state index is 14.7. The van der Waals surface area contributed by atoms with E-state index in [0.717, 1.165) is 44.5 Å². The summed E-state index contributed by atoms with van der Waals surface area (Å²) in [6.45, 7) is 7.25. The lowest BCUT2D eigenvalue weighted by molar-refractivity contribution is -0.156. The first-order valence-electron chi connectivity index (χ1n) is 16.0. The fourth-order valence-electron chi connectivity index (χ4n) is 7.07. The van der Waals surface area contributed by atoms with E-state index in [1.807, 2.05) is 125 Å². The summed E-state index contributed by atoms with van der Waals surface area (Å²) in [5.74, 6) is -0.813. The van der Waals surface area contributed by atoms with E-state index >= 15 is 0 Å². The number of rotatable bonds is 11. The number of aliphatic hydroxyl groups is 2. The van der Waals surface area contributed by atoms with Crippen molar-refractivity contribution in [3.8, 4) is 22.3 Å². The summed E-state index contributed by atoms with van der Waals surface area (Å²) in [5.41, 5.74) is 3.56. The number of ether oxygens (including phenoxy) is 2. The van der Waals surface area contributed by atoms with Crippen LogP contribution in [0.4, 0.5) is 0 Å². The quantitative estimate of drug-likeness (QED) is 0.179. The summed E-state index contributed by atoms with van der Waals surface area (Å²) in [6, 6.07) is 31.7. The predicted molar refractivity (Wildman–Crippen MR) is 178 cm³/mol. The van der Waals surface area contributed by atoms with Gasteiger partial charge >= 0.3 is 11.9 Å². The standard InChI is InChI=1S/C40H42O6/c1-37(2,23-41)25-45-35(43)39(31-17-9-5-13-27(31)28-14-6-10-18-32(28)39)21-22-40(36(44)46-26-38(3,4)24-42)33-19-11-7-15-29(33)30-16-8-12-20-34(30)40/h5-20,41-42H,21-26H2,1-4H3. The van der Waals surface area contributed by atoms with Crippen molar-refractivity contribution >= 4 is 11.9 Å². The van der Waals surface area contributed by atoms with Crippen LogP contribution in [0.25, 0.3) is 22.3 Å². The third kappa shape index (κ3) is 5.04. The average molecular weight is 619 g/mol. The Balaban J connectivity index is 1.52. The first-order valence-corrected chi connectivity index (χ1v) is 16.0. The number of carbonyl (C=O) groups excluding carboxylic acids is 2. The highest BCUT2D eigenvalue weighted by atomic mass is 16.5. The number of fused-ring (bicyclic) bond motifs is 6. The molecule has 0 saturated heterocycles. The molecule has 0 bridgehead atoms. The van der Waals surface area contributed by atoms with Gasteiger partial charge in [0.25, 0.3) is 0 Å². The van der Waals surface area contributed by atoms with Crippen molar-refractivity contribution in [2.75, 3.05) is 26.4 Å². The maximum atomic E-state index is 14.7. The van der Waals surface area contributed by atoms with Crippen LogP contribution in [0, 0.1) is 10.8 Å². The van der Waals surface area contributed by atoms with Crippen LogP contribution in [0.15, 0.2) is 97.1 Å². The Bertz CT molecular complexity index is 1560. The third-order valence-corrected chi connectivity index (χ3v) is 9.74. The van der Waals surface area contributed by atoms with Crippen LogP contribution in [-0.4, -0.2) is 48.6 Å². The van der Waals surface area contributed by atoms with Gasteiger partial charge in [0.05, 0.1) is 26.4 Å². The van der Waals surface area contributed by atoms with E-state index < -0.39 is 33.6 Å². The van der Waals surface area contributed by atoms with Crippen molar-refractivity contribution in [3.63, 3.8) is 0 Å². The second kappa shape index (κ2) is 11.8. The maximum Gasteiger partial charge on any atom is 0.321 e. The van der Waals surface area contributed by atoms with Gasteiger partial charge in [0.1, 0.15) is 10.8 Å². The van der Waals surface area contributed by atoms with Gasteiger partial charge in [-0.05, 0) is 57.3 Å². The van der Waals surface area contributed by atoms with Crippen LogP contribution in [0.3, 0.4) is 0 Å². The Morgan fingerprint density at radius 2 is 0.783 bits per heavy atom. The Hall–Kier alpha value is -4.26. The van der Waals surface area contributed by atoms with Gasteiger partial charge in [0.15, 0.2) is 0 Å². The number of aliphatic hydroxyl groups excluding tert-OH is 2. The second-order valence-corrected chi connectivity index (χ2v) is 14.3. The zero-order valence-electron chi connectivity index (χ0n) is 27.0. The van der Waals surface area contributed by atoms with Gasteiger partial charge in [0.2, 0.25) is 0 Å². The van der Waals surface area contributed by atoms with Gasteiger partial charge in [0, 0.05) is 10.8 Å². The van der Waals surface area contributed by atoms with Gasteiger partial charge in [-0.2, -0.15) is 0 Å². The molecule has 4 aromatic rings. The Labute approximate surface area is 271 Å². The minimum absolute atomic E-state index is 0.0451. The molecule has 238 valence electrons. The molecule has 0 unspecified atom stereocenters. The molecule has 0 heterocycles. The zero-order valence-corrected chi connectivity index (χ0v) is 27.0. The van der Waals surface area contributed by atoms with Gasteiger partial charge < -0.3 is 19.7 Å². The summed E-state index contributed by atoms with van der Waals surface area (Å²) >= 11 is 0. The molecule has 0 saturated carbocycles. The molecular formula is C40H42O6. The molecule has 0 atom stereocenters. The molecule has 2 aliphatic rings. The number of hydrogen-bond acceptors (Lipinski definition) is 6. The SMILES string of the molecule is CC(C)(CO)COC(=O)C1(CCC2(C(=O)OCC(C)(C)CO)c3ccccc3-c3ccccc32)c2ccccc2-c2ccccc21. The first-order chi connectivity index (χ1) is 22.0. The van der Waals surface area contributed by atoms with E-state index in [-0.39, 0.29) is 39.3 Å². The number of benzene rings is 4. The van der Waals surface area contributed by atoms with E-state index in [1.54, 1.807) is 0 Å². The highest BCUT2D eigenvalue weighted by molar-refractivity contribution is 6.00. The van der Waals surface area contributed by atoms with E-state index in [4.69, 9.17) is 9.47 Å². The Kier molecular flexibility index (Phi) is 8.16. The van der Waals surface area contributed by atoms with E-state index in [9.17, 15) is 19.8 Å². The van der Waals surface area contributed by atoms with Gasteiger partial charge in [-0.3, -0.25) is 9.59 Å². The van der Waals surface area contributed by atoms with E-state index in [0.29, 0.717) is 0 Å². The van der Waals surface area contributed by atoms with Crippen molar-refractivity contribution in [1.29, 1.82) is 0 Å². The van der Waals surface area contributed by atoms with Crippen LogP contribution in [0.5, 0.6) is 0 Å². The van der Waals surface area contributed by atoms with Gasteiger partial charge in [-0.1, -0.05) is 125 Å². The summed E-state index contributed by atoms with van der Waals surface area (Å²) in [4.78, 5) is 29.3. The fourth-order valence-corrected chi connectivity index (χ4v) is 7.07. The molecule has 6 nitrogen and oxygen atoms in total. The number of carbonyl (C=O) groups is 2. The molecule has 4 aromatic carbocycles. The first kappa shape index (κ1) is 31.7. The molecule has 0 amide bonds. The number of esters is 2. The lowest BCUT2D eigenvalue weighted by Gasteiger charge is -2.36. The molecule has 46 heavy (non-hydrogen) atoms. The summed E-state index contributed by atoms with van der Waals surface area (Å²) in [7, 11) is 0. The molecule has 0 fully saturated rings. The minimum atomic E-state index is -1.21. The summed E-state index contributed by atoms with van der Waals surface area (Å²) in [5, 5.41) is 19.9. The minimum Gasteiger partial charge on any atom is -0.464 e. The highest BCUT2D eigenvalue weighted by Crippen LogP contribution is 2.57. The number of hydrogen-bond donors (Lipinski definition) is 2. The lowest BCUT2D eigenvalue weighted by atomic mass is 9.67. The van der Waals surface area contributed by atoms with Crippen molar-refractivity contribution in [2.45, 2.75) is 51.4 Å². The molecule has 2 aliphatic carbocycles. The molecule has 0 spiro atoms. The summed E-state index contributed by atoms with van der Waals surface area (Å²) < 4.78 is 12.2. The second-order valence-electron chi connectivity index (χ2n) is 14.3. The topological polar surface area (TPSA) is 93.1 Å². The summed E-state index contributed by atoms with van der Waals surface area (Å²) in [6.07, 6.45) is 0.529. The predicted octanol–water partition coefficient (Wildman–Crippen LogP) is 6.82. The molecular weight excluding hydrogens is 576 g/mol. The molecule has 0 radical (unpaired) electrons. The van der Waals surface area contributed by atoms with Crippen molar-refractivity contribution < 1.29 is 29.3 Å². The molecule has 0 aliphatic heterocycles. The van der Waals surface area contributed by atoms with Crippen LogP contribution in [0.1, 0.15) is 62.8 Å². The van der Waals surface area contributed by atoms with E-state index in [2.05, 4.69) is 0 Å². The van der Waals surface area contributed by atoms with Crippen molar-refractivity contribution in [2.24, 2.45) is 10.8 Å². The Morgan fingerprint density at radius 1 is 0.522 bits per heavy atom. The largest absolute Gasteiger partial charge is 0.464 e. The lowest BCUT2D eigenvalue weighted by Crippen LogP contribution is -2.44. The highest BCUT2D eigenvalue weighted by Gasteiger charge is 2.56. The van der Waals surface area contributed by atoms with Gasteiger partial charge in [-0.25, -0.2) is 0 Å².